The Bertz CT molecular complexity index is 254. The smallest absolute Gasteiger partial charge is 0.405 e. The molecule has 0 atom stereocenters. The molecule has 0 aromatic carbocycles. The molecular weight excluding hydrogens is 230 g/mol. The lowest BCUT2D eigenvalue weighted by Crippen LogP contribution is -2.27. The van der Waals surface area contributed by atoms with Crippen molar-refractivity contribution in [2.75, 3.05) is 0 Å². The Hall–Kier alpha value is -1.79. The molecule has 100 valence electrons. The van der Waals surface area contributed by atoms with Crippen LogP contribution in [0.3, 0.4) is 0 Å². The lowest BCUT2D eigenvalue weighted by atomic mass is 10.2. The second-order valence-electron chi connectivity index (χ2n) is 4.17. The van der Waals surface area contributed by atoms with Crippen LogP contribution in [-0.4, -0.2) is 33.8 Å². The highest BCUT2D eigenvalue weighted by Crippen LogP contribution is 2.04. The molecule has 0 aromatic heterocycles. The number of carbonyl (C=O) groups is 3. The van der Waals surface area contributed by atoms with Gasteiger partial charge in [-0.2, -0.15) is 0 Å². The second-order valence-corrected chi connectivity index (χ2v) is 4.17. The van der Waals surface area contributed by atoms with Crippen molar-refractivity contribution < 1.29 is 29.3 Å². The molecule has 0 bridgehead atoms. The Balaban J connectivity index is 0. The van der Waals surface area contributed by atoms with E-state index in [0.29, 0.717) is 0 Å². The Morgan fingerprint density at radius 2 is 1.41 bits per heavy atom. The van der Waals surface area contributed by atoms with Crippen LogP contribution in [0.1, 0.15) is 40.0 Å². The molecule has 1 amide bonds. The number of carboxylic acids is 2. The predicted molar refractivity (Wildman–Crippen MR) is 59.5 cm³/mol. The van der Waals surface area contributed by atoms with Crippen LogP contribution in [0.15, 0.2) is 0 Å². The molecule has 0 rings (SSSR count). The average Bonchev–Trinajstić information content (AvgIpc) is 1.97. The van der Waals surface area contributed by atoms with Crippen LogP contribution < -0.4 is 5.73 Å². The van der Waals surface area contributed by atoms with Gasteiger partial charge in [-0.15, -0.1) is 0 Å². The van der Waals surface area contributed by atoms with Gasteiger partial charge in [-0.1, -0.05) is 0 Å². The SMILES string of the molecule is CC(C)(C)OC(N)=O.O=C(O)CCCC(=O)O. The summed E-state index contributed by atoms with van der Waals surface area (Å²) in [5.74, 6) is -1.90. The molecule has 4 N–H and O–H groups in total. The highest BCUT2D eigenvalue weighted by atomic mass is 16.6. The average molecular weight is 249 g/mol. The number of ether oxygens (including phenoxy) is 1. The number of hydrogen-bond donors (Lipinski definition) is 3. The van der Waals surface area contributed by atoms with Crippen molar-refractivity contribution in [1.82, 2.24) is 0 Å². The van der Waals surface area contributed by atoms with Gasteiger partial charge in [0, 0.05) is 12.8 Å². The summed E-state index contributed by atoms with van der Waals surface area (Å²) >= 11 is 0. The number of nitrogens with two attached hydrogens (primary N) is 1. The van der Waals surface area contributed by atoms with Crippen LogP contribution in [0, 0.1) is 0 Å². The first-order chi connectivity index (χ1) is 7.54. The van der Waals surface area contributed by atoms with Crippen LogP contribution >= 0.6 is 0 Å². The van der Waals surface area contributed by atoms with Crippen molar-refractivity contribution in [3.8, 4) is 0 Å². The number of carboxylic acid groups (broad SMARTS) is 2. The summed E-state index contributed by atoms with van der Waals surface area (Å²) in [7, 11) is 0. The van der Waals surface area contributed by atoms with E-state index in [4.69, 9.17) is 15.9 Å². The van der Waals surface area contributed by atoms with Crippen molar-refractivity contribution >= 4 is 18.0 Å². The zero-order chi connectivity index (χ0) is 14.1. The fraction of sp³-hybridized carbons (Fsp3) is 0.700. The fourth-order valence-corrected chi connectivity index (χ4v) is 0.693. The van der Waals surface area contributed by atoms with Gasteiger partial charge in [0.1, 0.15) is 5.60 Å². The van der Waals surface area contributed by atoms with E-state index in [1.54, 1.807) is 20.8 Å². The third-order valence-corrected chi connectivity index (χ3v) is 1.19. The number of hydrogen-bond acceptors (Lipinski definition) is 4. The lowest BCUT2D eigenvalue weighted by molar-refractivity contribution is -0.138. The molecule has 0 fully saturated rings. The molecular formula is C10H19NO6. The van der Waals surface area contributed by atoms with Crippen LogP contribution in [0.25, 0.3) is 0 Å². The number of primary amides is 1. The van der Waals surface area contributed by atoms with Crippen LogP contribution in [-0.2, 0) is 14.3 Å². The van der Waals surface area contributed by atoms with E-state index in [0.717, 1.165) is 0 Å². The van der Waals surface area contributed by atoms with Crippen molar-refractivity contribution in [2.24, 2.45) is 5.73 Å². The molecule has 0 radical (unpaired) electrons. The van der Waals surface area contributed by atoms with Crippen molar-refractivity contribution in [2.45, 2.75) is 45.6 Å². The second kappa shape index (κ2) is 8.37. The molecule has 7 heteroatoms. The molecule has 0 aromatic rings. The Morgan fingerprint density at radius 1 is 1.06 bits per heavy atom. The monoisotopic (exact) mass is 249 g/mol. The lowest BCUT2D eigenvalue weighted by Gasteiger charge is -2.16. The molecule has 0 aliphatic rings. The first kappa shape index (κ1) is 17.6. The minimum absolute atomic E-state index is 0.0632. The fourth-order valence-electron chi connectivity index (χ4n) is 0.693. The number of rotatable bonds is 4. The van der Waals surface area contributed by atoms with Gasteiger partial charge in [-0.3, -0.25) is 9.59 Å². The summed E-state index contributed by atoms with van der Waals surface area (Å²) < 4.78 is 4.58. The summed E-state index contributed by atoms with van der Waals surface area (Å²) in [4.78, 5) is 29.6. The maximum atomic E-state index is 10.0. The highest BCUT2D eigenvalue weighted by molar-refractivity contribution is 5.69. The quantitative estimate of drug-likeness (QED) is 0.687. The number of aliphatic carboxylic acids is 2. The third kappa shape index (κ3) is 25.0. The largest absolute Gasteiger partial charge is 0.481 e. The first-order valence-electron chi connectivity index (χ1n) is 4.96. The van der Waals surface area contributed by atoms with Gasteiger partial charge < -0.3 is 20.7 Å². The maximum Gasteiger partial charge on any atom is 0.405 e. The van der Waals surface area contributed by atoms with E-state index in [9.17, 15) is 14.4 Å². The van der Waals surface area contributed by atoms with Gasteiger partial charge in [0.25, 0.3) is 0 Å². The molecule has 0 heterocycles. The summed E-state index contributed by atoms with van der Waals surface area (Å²) in [6.45, 7) is 5.28. The molecule has 0 saturated heterocycles. The van der Waals surface area contributed by atoms with E-state index in [1.165, 1.54) is 0 Å². The predicted octanol–water partition coefficient (Wildman–Crippen LogP) is 1.21. The normalized spacial score (nSPS) is 9.82. The van der Waals surface area contributed by atoms with Gasteiger partial charge in [0.15, 0.2) is 0 Å². The van der Waals surface area contributed by atoms with Crippen molar-refractivity contribution in [3.63, 3.8) is 0 Å². The standard InChI is InChI=1S/C5H11NO2.C5H8O4/c1-5(2,3)8-4(6)7;6-4(7)2-1-3-5(8)9/h1-3H3,(H2,6,7);1-3H2,(H,6,7)(H,8,9). The van der Waals surface area contributed by atoms with Crippen molar-refractivity contribution in [3.05, 3.63) is 0 Å². The van der Waals surface area contributed by atoms with E-state index < -0.39 is 23.6 Å². The molecule has 0 saturated carbocycles. The summed E-state index contributed by atoms with van der Waals surface area (Å²) in [6.07, 6.45) is -0.638. The highest BCUT2D eigenvalue weighted by Gasteiger charge is 2.12. The molecule has 0 unspecified atom stereocenters. The van der Waals surface area contributed by atoms with Gasteiger partial charge in [-0.05, 0) is 27.2 Å². The van der Waals surface area contributed by atoms with E-state index in [2.05, 4.69) is 4.74 Å². The molecule has 17 heavy (non-hydrogen) atoms. The Kier molecular flexibility index (Phi) is 8.67. The topological polar surface area (TPSA) is 127 Å². The number of amides is 1. The molecule has 0 spiro atoms. The minimum atomic E-state index is -0.948. The van der Waals surface area contributed by atoms with Crippen molar-refractivity contribution in [1.29, 1.82) is 0 Å². The molecule has 0 aliphatic carbocycles. The summed E-state index contributed by atoms with van der Waals surface area (Å²) in [6, 6.07) is 0. The first-order valence-corrected chi connectivity index (χ1v) is 4.96. The van der Waals surface area contributed by atoms with E-state index in [-0.39, 0.29) is 19.3 Å². The minimum Gasteiger partial charge on any atom is -0.481 e. The van der Waals surface area contributed by atoms with Gasteiger partial charge in [0.2, 0.25) is 0 Å². The zero-order valence-electron chi connectivity index (χ0n) is 10.2. The molecule has 0 aliphatic heterocycles. The Labute approximate surface area is 99.6 Å². The van der Waals surface area contributed by atoms with E-state index >= 15 is 0 Å². The van der Waals surface area contributed by atoms with Gasteiger partial charge >= 0.3 is 18.0 Å². The van der Waals surface area contributed by atoms with E-state index in [1.807, 2.05) is 0 Å². The summed E-state index contributed by atoms with van der Waals surface area (Å²) in [5, 5.41) is 16.1. The molecule has 7 nitrogen and oxygen atoms in total. The van der Waals surface area contributed by atoms with Crippen LogP contribution in [0.5, 0.6) is 0 Å². The van der Waals surface area contributed by atoms with Gasteiger partial charge in [-0.25, -0.2) is 4.79 Å². The third-order valence-electron chi connectivity index (χ3n) is 1.19. The Morgan fingerprint density at radius 3 is 1.53 bits per heavy atom. The maximum absolute atomic E-state index is 10.0. The van der Waals surface area contributed by atoms with Crippen LogP contribution in [0.2, 0.25) is 0 Å². The number of carbonyl (C=O) groups excluding carboxylic acids is 1. The zero-order valence-corrected chi connectivity index (χ0v) is 10.2. The van der Waals surface area contributed by atoms with Gasteiger partial charge in [0.05, 0.1) is 0 Å². The summed E-state index contributed by atoms with van der Waals surface area (Å²) in [5.41, 5.74) is 4.26. The van der Waals surface area contributed by atoms with Crippen LogP contribution in [0.4, 0.5) is 4.79 Å².